The first-order valence-corrected chi connectivity index (χ1v) is 5.10. The van der Waals surface area contributed by atoms with Crippen LogP contribution in [0.2, 0.25) is 5.15 Å². The Morgan fingerprint density at radius 3 is 2.40 bits per heavy atom. The van der Waals surface area contributed by atoms with Crippen molar-refractivity contribution in [1.29, 1.82) is 0 Å². The van der Waals surface area contributed by atoms with Crippen molar-refractivity contribution in [2.45, 2.75) is 6.54 Å². The zero-order chi connectivity index (χ0) is 10.7. The van der Waals surface area contributed by atoms with E-state index in [0.717, 1.165) is 16.8 Å². The topological polar surface area (TPSA) is 38.9 Å². The highest BCUT2D eigenvalue weighted by atomic mass is 35.5. The van der Waals surface area contributed by atoms with Gasteiger partial charge in [0, 0.05) is 17.7 Å². The second kappa shape index (κ2) is 4.43. The molecule has 1 heterocycles. The maximum absolute atomic E-state index is 5.99. The number of aromatic nitrogens is 1. The van der Waals surface area contributed by atoms with Crippen molar-refractivity contribution in [1.82, 2.24) is 4.98 Å². The van der Waals surface area contributed by atoms with E-state index >= 15 is 0 Å². The standard InChI is InChI=1S/C12H11ClN2/c13-12-10(8-14)6-7-11(15-12)9-4-2-1-3-5-9/h1-7H,8,14H2. The van der Waals surface area contributed by atoms with Gasteiger partial charge < -0.3 is 5.73 Å². The van der Waals surface area contributed by atoms with Crippen LogP contribution in [-0.4, -0.2) is 4.98 Å². The van der Waals surface area contributed by atoms with Gasteiger partial charge in [-0.15, -0.1) is 0 Å². The molecule has 0 radical (unpaired) electrons. The summed E-state index contributed by atoms with van der Waals surface area (Å²) in [5.74, 6) is 0. The third-order valence-corrected chi connectivity index (χ3v) is 2.54. The molecule has 0 atom stereocenters. The summed E-state index contributed by atoms with van der Waals surface area (Å²) in [5, 5.41) is 0.485. The molecule has 2 N–H and O–H groups in total. The van der Waals surface area contributed by atoms with E-state index in [9.17, 15) is 0 Å². The first kappa shape index (κ1) is 10.1. The quantitative estimate of drug-likeness (QED) is 0.788. The summed E-state index contributed by atoms with van der Waals surface area (Å²) in [4.78, 5) is 4.30. The summed E-state index contributed by atoms with van der Waals surface area (Å²) in [5.41, 5.74) is 8.32. The Morgan fingerprint density at radius 1 is 1.07 bits per heavy atom. The zero-order valence-electron chi connectivity index (χ0n) is 8.15. The van der Waals surface area contributed by atoms with E-state index in [1.165, 1.54) is 0 Å². The number of rotatable bonds is 2. The molecule has 0 saturated heterocycles. The van der Waals surface area contributed by atoms with Crippen LogP contribution < -0.4 is 5.73 Å². The average molecular weight is 219 g/mol. The Hall–Kier alpha value is -1.38. The lowest BCUT2D eigenvalue weighted by Crippen LogP contribution is -1.98. The van der Waals surface area contributed by atoms with E-state index in [0.29, 0.717) is 11.7 Å². The molecule has 0 unspecified atom stereocenters. The first-order chi connectivity index (χ1) is 7.31. The lowest BCUT2D eigenvalue weighted by Gasteiger charge is -2.04. The molecule has 15 heavy (non-hydrogen) atoms. The van der Waals surface area contributed by atoms with E-state index in [4.69, 9.17) is 17.3 Å². The van der Waals surface area contributed by atoms with Gasteiger partial charge in [-0.05, 0) is 6.07 Å². The second-order valence-corrected chi connectivity index (χ2v) is 3.57. The van der Waals surface area contributed by atoms with Gasteiger partial charge in [-0.1, -0.05) is 48.0 Å². The van der Waals surface area contributed by atoms with Crippen LogP contribution >= 0.6 is 11.6 Å². The van der Waals surface area contributed by atoms with Gasteiger partial charge in [0.25, 0.3) is 0 Å². The number of pyridine rings is 1. The zero-order valence-corrected chi connectivity index (χ0v) is 8.91. The van der Waals surface area contributed by atoms with Gasteiger partial charge in [0.05, 0.1) is 5.69 Å². The predicted octanol–water partition coefficient (Wildman–Crippen LogP) is 2.86. The molecule has 0 spiro atoms. The summed E-state index contributed by atoms with van der Waals surface area (Å²) in [6.07, 6.45) is 0. The first-order valence-electron chi connectivity index (χ1n) is 4.72. The van der Waals surface area contributed by atoms with Crippen LogP contribution in [-0.2, 0) is 6.54 Å². The average Bonchev–Trinajstić information content (AvgIpc) is 2.30. The molecule has 0 fully saturated rings. The van der Waals surface area contributed by atoms with Crippen LogP contribution in [0, 0.1) is 0 Å². The van der Waals surface area contributed by atoms with Gasteiger partial charge in [0.1, 0.15) is 5.15 Å². The van der Waals surface area contributed by atoms with E-state index in [1.54, 1.807) is 0 Å². The van der Waals surface area contributed by atoms with Crippen molar-refractivity contribution in [2.24, 2.45) is 5.73 Å². The summed E-state index contributed by atoms with van der Waals surface area (Å²) in [6, 6.07) is 13.8. The largest absolute Gasteiger partial charge is 0.326 e. The highest BCUT2D eigenvalue weighted by molar-refractivity contribution is 6.30. The molecule has 2 nitrogen and oxygen atoms in total. The van der Waals surface area contributed by atoms with Crippen LogP contribution in [0.3, 0.4) is 0 Å². The van der Waals surface area contributed by atoms with Crippen molar-refractivity contribution in [3.8, 4) is 11.3 Å². The molecule has 0 amide bonds. The van der Waals surface area contributed by atoms with Gasteiger partial charge >= 0.3 is 0 Å². The van der Waals surface area contributed by atoms with Crippen LogP contribution in [0.15, 0.2) is 42.5 Å². The number of hydrogen-bond donors (Lipinski definition) is 1. The molecule has 1 aromatic heterocycles. The van der Waals surface area contributed by atoms with E-state index in [1.807, 2.05) is 42.5 Å². The molecule has 2 rings (SSSR count). The Bertz CT molecular complexity index is 454. The Morgan fingerprint density at radius 2 is 1.80 bits per heavy atom. The van der Waals surface area contributed by atoms with E-state index < -0.39 is 0 Å². The smallest absolute Gasteiger partial charge is 0.134 e. The minimum Gasteiger partial charge on any atom is -0.326 e. The number of benzene rings is 1. The number of nitrogens with zero attached hydrogens (tertiary/aromatic N) is 1. The van der Waals surface area contributed by atoms with E-state index in [2.05, 4.69) is 4.98 Å². The highest BCUT2D eigenvalue weighted by Crippen LogP contribution is 2.21. The van der Waals surface area contributed by atoms with Gasteiger partial charge in [0.2, 0.25) is 0 Å². The maximum Gasteiger partial charge on any atom is 0.134 e. The highest BCUT2D eigenvalue weighted by Gasteiger charge is 2.03. The van der Waals surface area contributed by atoms with Crippen molar-refractivity contribution in [2.75, 3.05) is 0 Å². The molecular formula is C12H11ClN2. The minimum atomic E-state index is 0.418. The van der Waals surface area contributed by atoms with Crippen LogP contribution in [0.4, 0.5) is 0 Å². The predicted molar refractivity (Wildman–Crippen MR) is 62.6 cm³/mol. The van der Waals surface area contributed by atoms with Crippen molar-refractivity contribution in [3.05, 3.63) is 53.2 Å². The van der Waals surface area contributed by atoms with Crippen molar-refractivity contribution in [3.63, 3.8) is 0 Å². The van der Waals surface area contributed by atoms with E-state index in [-0.39, 0.29) is 0 Å². The van der Waals surface area contributed by atoms with Gasteiger partial charge in [-0.25, -0.2) is 4.98 Å². The monoisotopic (exact) mass is 218 g/mol. The van der Waals surface area contributed by atoms with Crippen molar-refractivity contribution < 1.29 is 0 Å². The number of hydrogen-bond acceptors (Lipinski definition) is 2. The molecule has 0 aliphatic carbocycles. The molecule has 3 heteroatoms. The number of halogens is 1. The maximum atomic E-state index is 5.99. The minimum absolute atomic E-state index is 0.418. The fourth-order valence-corrected chi connectivity index (χ4v) is 1.62. The Labute approximate surface area is 93.7 Å². The molecule has 2 aromatic rings. The lowest BCUT2D eigenvalue weighted by molar-refractivity contribution is 1.05. The SMILES string of the molecule is NCc1ccc(-c2ccccc2)nc1Cl. The van der Waals surface area contributed by atoms with Crippen LogP contribution in [0.5, 0.6) is 0 Å². The third-order valence-electron chi connectivity index (χ3n) is 2.22. The molecule has 0 bridgehead atoms. The molecular weight excluding hydrogens is 208 g/mol. The Kier molecular flexibility index (Phi) is 2.99. The van der Waals surface area contributed by atoms with Crippen molar-refractivity contribution >= 4 is 11.6 Å². The molecule has 0 saturated carbocycles. The normalized spacial score (nSPS) is 10.3. The fourth-order valence-electron chi connectivity index (χ4n) is 1.39. The molecule has 0 aliphatic rings. The van der Waals surface area contributed by atoms with Gasteiger partial charge in [-0.2, -0.15) is 0 Å². The molecule has 0 aliphatic heterocycles. The summed E-state index contributed by atoms with van der Waals surface area (Å²) in [7, 11) is 0. The summed E-state index contributed by atoms with van der Waals surface area (Å²) >= 11 is 5.99. The molecule has 76 valence electrons. The molecule has 1 aromatic carbocycles. The fraction of sp³-hybridized carbons (Fsp3) is 0.0833. The number of nitrogens with two attached hydrogens (primary N) is 1. The summed E-state index contributed by atoms with van der Waals surface area (Å²) in [6.45, 7) is 0.418. The van der Waals surface area contributed by atoms with Gasteiger partial charge in [0.15, 0.2) is 0 Å². The third kappa shape index (κ3) is 2.17. The Balaban J connectivity index is 2.43. The van der Waals surface area contributed by atoms with Crippen LogP contribution in [0.25, 0.3) is 11.3 Å². The summed E-state index contributed by atoms with van der Waals surface area (Å²) < 4.78 is 0. The van der Waals surface area contributed by atoms with Crippen LogP contribution in [0.1, 0.15) is 5.56 Å². The van der Waals surface area contributed by atoms with Gasteiger partial charge in [-0.3, -0.25) is 0 Å². The second-order valence-electron chi connectivity index (χ2n) is 3.22. The lowest BCUT2D eigenvalue weighted by atomic mass is 10.1.